The standard InChI is InChI=1S/C25H30ClN7O/c1-5-6-7-10-20-22(26)33(25(2,3)4)24(34)32(20)16-17-11-13-18(14-12-17)19-9-8-15-27-21(19)23-28-30-31-29-23/h8-9,11-15H,5-7,10,16H2,1-4H3,(H,28,29,30,31). The van der Waals surface area contributed by atoms with Gasteiger partial charge in [0.25, 0.3) is 0 Å². The summed E-state index contributed by atoms with van der Waals surface area (Å²) in [4.78, 5) is 17.8. The Morgan fingerprint density at radius 3 is 2.50 bits per heavy atom. The van der Waals surface area contributed by atoms with E-state index in [1.807, 2.05) is 61.7 Å². The molecule has 0 saturated carbocycles. The minimum atomic E-state index is -0.394. The lowest BCUT2D eigenvalue weighted by Crippen LogP contribution is -2.35. The largest absolute Gasteiger partial charge is 0.330 e. The quantitative estimate of drug-likeness (QED) is 0.355. The Kier molecular flexibility index (Phi) is 6.97. The third-order valence-electron chi connectivity index (χ3n) is 5.84. The molecule has 8 nitrogen and oxygen atoms in total. The van der Waals surface area contributed by atoms with Crippen molar-refractivity contribution in [3.8, 4) is 22.6 Å². The maximum atomic E-state index is 13.4. The molecule has 4 aromatic rings. The van der Waals surface area contributed by atoms with Crippen molar-refractivity contribution in [1.29, 1.82) is 0 Å². The Bertz CT molecular complexity index is 1300. The van der Waals surface area contributed by atoms with Gasteiger partial charge in [-0.2, -0.15) is 5.21 Å². The number of aromatic amines is 1. The van der Waals surface area contributed by atoms with Crippen molar-refractivity contribution in [2.24, 2.45) is 0 Å². The molecule has 0 spiro atoms. The van der Waals surface area contributed by atoms with Crippen LogP contribution in [0.15, 0.2) is 47.4 Å². The normalized spacial score (nSPS) is 11.8. The van der Waals surface area contributed by atoms with Gasteiger partial charge >= 0.3 is 5.69 Å². The topological polar surface area (TPSA) is 94.3 Å². The SMILES string of the molecule is CCCCCc1c(Cl)n(C(C)(C)C)c(=O)n1Cc1ccc(-c2cccnc2-c2nn[nH]n2)cc1. The van der Waals surface area contributed by atoms with Crippen molar-refractivity contribution in [3.63, 3.8) is 0 Å². The molecule has 0 atom stereocenters. The monoisotopic (exact) mass is 479 g/mol. The fraction of sp³-hybridized carbons (Fsp3) is 0.400. The van der Waals surface area contributed by atoms with Crippen LogP contribution >= 0.6 is 11.6 Å². The van der Waals surface area contributed by atoms with E-state index in [0.29, 0.717) is 23.2 Å². The molecule has 34 heavy (non-hydrogen) atoms. The zero-order valence-corrected chi connectivity index (χ0v) is 20.8. The summed E-state index contributed by atoms with van der Waals surface area (Å²) in [5.41, 5.74) is 4.02. The van der Waals surface area contributed by atoms with Crippen LogP contribution in [0.4, 0.5) is 0 Å². The summed E-state index contributed by atoms with van der Waals surface area (Å²) in [6, 6.07) is 12.0. The van der Waals surface area contributed by atoms with Gasteiger partial charge in [0.2, 0.25) is 5.82 Å². The van der Waals surface area contributed by atoms with Crippen molar-refractivity contribution < 1.29 is 0 Å². The van der Waals surface area contributed by atoms with E-state index in [-0.39, 0.29) is 5.69 Å². The van der Waals surface area contributed by atoms with Crippen LogP contribution in [0.1, 0.15) is 58.2 Å². The first-order valence-electron chi connectivity index (χ1n) is 11.6. The van der Waals surface area contributed by atoms with Gasteiger partial charge in [-0.3, -0.25) is 14.1 Å². The Hall–Kier alpha value is -3.26. The highest BCUT2D eigenvalue weighted by atomic mass is 35.5. The van der Waals surface area contributed by atoms with Gasteiger partial charge in [-0.15, -0.1) is 10.2 Å². The molecule has 9 heteroatoms. The van der Waals surface area contributed by atoms with Crippen LogP contribution in [0.5, 0.6) is 0 Å². The predicted octanol–water partition coefficient (Wildman–Crippen LogP) is 5.08. The van der Waals surface area contributed by atoms with Gasteiger partial charge in [-0.25, -0.2) is 4.79 Å². The van der Waals surface area contributed by atoms with Gasteiger partial charge in [0, 0.05) is 17.3 Å². The molecular weight excluding hydrogens is 450 g/mol. The van der Waals surface area contributed by atoms with E-state index in [9.17, 15) is 4.79 Å². The van der Waals surface area contributed by atoms with E-state index in [2.05, 4.69) is 32.5 Å². The summed E-state index contributed by atoms with van der Waals surface area (Å²) in [5, 5.41) is 14.8. The summed E-state index contributed by atoms with van der Waals surface area (Å²) in [5.74, 6) is 0.445. The minimum Gasteiger partial charge on any atom is -0.290 e. The van der Waals surface area contributed by atoms with Crippen LogP contribution in [-0.4, -0.2) is 34.7 Å². The summed E-state index contributed by atoms with van der Waals surface area (Å²) >= 11 is 6.75. The molecular formula is C25H30ClN7O. The predicted molar refractivity (Wildman–Crippen MR) is 134 cm³/mol. The maximum Gasteiger partial charge on any atom is 0.330 e. The van der Waals surface area contributed by atoms with Crippen molar-refractivity contribution in [3.05, 3.63) is 69.5 Å². The molecule has 0 aliphatic heterocycles. The number of benzene rings is 1. The highest BCUT2D eigenvalue weighted by Gasteiger charge is 2.26. The van der Waals surface area contributed by atoms with Crippen LogP contribution in [0, 0.1) is 0 Å². The van der Waals surface area contributed by atoms with E-state index < -0.39 is 5.54 Å². The average molecular weight is 480 g/mol. The zero-order chi connectivity index (χ0) is 24.3. The zero-order valence-electron chi connectivity index (χ0n) is 20.0. The number of aromatic nitrogens is 7. The summed E-state index contributed by atoms with van der Waals surface area (Å²) in [6.45, 7) is 8.65. The van der Waals surface area contributed by atoms with E-state index in [1.165, 1.54) is 0 Å². The number of hydrogen-bond donors (Lipinski definition) is 1. The van der Waals surface area contributed by atoms with Crippen molar-refractivity contribution >= 4 is 11.6 Å². The lowest BCUT2D eigenvalue weighted by molar-refractivity contribution is 0.380. The molecule has 3 heterocycles. The van der Waals surface area contributed by atoms with E-state index in [4.69, 9.17) is 11.6 Å². The Balaban J connectivity index is 1.67. The highest BCUT2D eigenvalue weighted by Crippen LogP contribution is 2.29. The first kappa shape index (κ1) is 23.9. The highest BCUT2D eigenvalue weighted by molar-refractivity contribution is 6.30. The third-order valence-corrected chi connectivity index (χ3v) is 6.23. The fourth-order valence-corrected chi connectivity index (χ4v) is 4.66. The second kappa shape index (κ2) is 9.93. The Morgan fingerprint density at radius 1 is 1.09 bits per heavy atom. The molecule has 3 aromatic heterocycles. The number of unbranched alkanes of at least 4 members (excludes halogenated alkanes) is 2. The second-order valence-corrected chi connectivity index (χ2v) is 9.76. The third kappa shape index (κ3) is 4.82. The summed E-state index contributed by atoms with van der Waals surface area (Å²) in [6.07, 6.45) is 5.71. The Labute approximate surface area is 204 Å². The average Bonchev–Trinajstić information content (AvgIpc) is 3.42. The maximum absolute atomic E-state index is 13.4. The molecule has 0 saturated heterocycles. The van der Waals surface area contributed by atoms with Crippen LogP contribution in [-0.2, 0) is 18.5 Å². The molecule has 1 N–H and O–H groups in total. The molecule has 4 rings (SSSR count). The smallest absolute Gasteiger partial charge is 0.290 e. The molecule has 1 aromatic carbocycles. The van der Waals surface area contributed by atoms with Gasteiger partial charge in [0.1, 0.15) is 10.8 Å². The number of tetrazole rings is 1. The van der Waals surface area contributed by atoms with Gasteiger partial charge in [-0.05, 0) is 56.0 Å². The van der Waals surface area contributed by atoms with Crippen molar-refractivity contribution in [1.82, 2.24) is 34.7 Å². The number of pyridine rings is 1. The van der Waals surface area contributed by atoms with Gasteiger partial charge in [0.15, 0.2) is 0 Å². The number of halogens is 1. The molecule has 0 radical (unpaired) electrons. The number of H-pyrrole nitrogens is 1. The van der Waals surface area contributed by atoms with E-state index in [0.717, 1.165) is 48.1 Å². The molecule has 178 valence electrons. The van der Waals surface area contributed by atoms with Crippen LogP contribution in [0.2, 0.25) is 5.15 Å². The summed E-state index contributed by atoms with van der Waals surface area (Å²) < 4.78 is 3.53. The number of nitrogens with one attached hydrogen (secondary N) is 1. The number of imidazole rings is 1. The Morgan fingerprint density at radius 2 is 1.85 bits per heavy atom. The van der Waals surface area contributed by atoms with Crippen LogP contribution in [0.25, 0.3) is 22.6 Å². The summed E-state index contributed by atoms with van der Waals surface area (Å²) in [7, 11) is 0. The van der Waals surface area contributed by atoms with Gasteiger partial charge < -0.3 is 0 Å². The molecule has 0 amide bonds. The molecule has 0 bridgehead atoms. The lowest BCUT2D eigenvalue weighted by Gasteiger charge is -2.20. The van der Waals surface area contributed by atoms with Gasteiger partial charge in [-0.1, -0.05) is 61.7 Å². The number of hydrogen-bond acceptors (Lipinski definition) is 5. The number of rotatable bonds is 8. The first-order chi connectivity index (χ1) is 16.3. The minimum absolute atomic E-state index is 0.0697. The first-order valence-corrected chi connectivity index (χ1v) is 12.0. The second-order valence-electron chi connectivity index (χ2n) is 9.40. The fourth-order valence-electron chi connectivity index (χ4n) is 4.14. The van der Waals surface area contributed by atoms with Crippen LogP contribution < -0.4 is 5.69 Å². The lowest BCUT2D eigenvalue weighted by atomic mass is 10.0. The molecule has 0 aliphatic carbocycles. The van der Waals surface area contributed by atoms with Gasteiger partial charge in [0.05, 0.1) is 12.2 Å². The molecule has 0 fully saturated rings. The number of nitrogens with zero attached hydrogens (tertiary/aromatic N) is 6. The van der Waals surface area contributed by atoms with E-state index >= 15 is 0 Å². The van der Waals surface area contributed by atoms with Crippen molar-refractivity contribution in [2.45, 2.75) is 65.5 Å². The van der Waals surface area contributed by atoms with E-state index in [1.54, 1.807) is 10.8 Å². The van der Waals surface area contributed by atoms with Crippen LogP contribution in [0.3, 0.4) is 0 Å². The molecule has 0 unspecified atom stereocenters. The molecule has 0 aliphatic rings. The van der Waals surface area contributed by atoms with Crippen molar-refractivity contribution in [2.75, 3.05) is 0 Å².